The molecule has 0 bridgehead atoms. The van der Waals surface area contributed by atoms with Gasteiger partial charge in [-0.1, -0.05) is 85.2 Å². The molecule has 0 atom stereocenters. The van der Waals surface area contributed by atoms with E-state index in [1.807, 2.05) is 104 Å². The Morgan fingerprint density at radius 2 is 1.48 bits per heavy atom. The Morgan fingerprint density at radius 1 is 0.727 bits per heavy atom. The molecule has 0 saturated heterocycles. The van der Waals surface area contributed by atoms with Gasteiger partial charge in [0, 0.05) is 19.9 Å². The first-order chi connectivity index (χ1) is 21.6. The maximum atomic E-state index is 8.71. The monoisotopic (exact) mass is 767 g/mol. The first-order valence-corrected chi connectivity index (χ1v) is 18.0. The summed E-state index contributed by atoms with van der Waals surface area (Å²) in [5, 5.41) is 3.48. The Hall–Kier alpha value is -4.08. The zero-order valence-corrected chi connectivity index (χ0v) is 28.6. The van der Waals surface area contributed by atoms with Crippen LogP contribution in [0.5, 0.6) is 0 Å². The summed E-state index contributed by atoms with van der Waals surface area (Å²) in [7, 11) is -1.23. The number of hydrogen-bond acceptors (Lipinski definition) is 2. The molecule has 0 aliphatic heterocycles. The van der Waals surface area contributed by atoms with E-state index in [2.05, 4.69) is 55.0 Å². The molecular formula is C40H34IrNOSi. The van der Waals surface area contributed by atoms with Crippen molar-refractivity contribution in [2.45, 2.75) is 32.9 Å². The zero-order valence-electron chi connectivity index (χ0n) is 27.2. The maximum Gasteiger partial charge on any atom is 3.00 e. The van der Waals surface area contributed by atoms with Crippen molar-refractivity contribution in [1.82, 2.24) is 4.98 Å². The van der Waals surface area contributed by atoms with Gasteiger partial charge in [0.1, 0.15) is 5.58 Å². The normalized spacial score (nSPS) is 12.1. The number of para-hydroxylation sites is 1. The number of fused-ring (bicyclic) bond motifs is 3. The van der Waals surface area contributed by atoms with Crippen molar-refractivity contribution in [3.05, 3.63) is 156 Å². The van der Waals surface area contributed by atoms with Crippen molar-refractivity contribution >= 4 is 35.2 Å². The van der Waals surface area contributed by atoms with Gasteiger partial charge in [0.15, 0.2) is 0 Å². The summed E-state index contributed by atoms with van der Waals surface area (Å²) >= 11 is 0. The molecule has 7 aromatic rings. The summed E-state index contributed by atoms with van der Waals surface area (Å²) in [5.41, 5.74) is 7.52. The number of aryl methyl sites for hydroxylation is 1. The molecule has 0 aliphatic rings. The minimum atomic E-state index is -1.61. The molecule has 0 fully saturated rings. The molecule has 0 amide bonds. The van der Waals surface area contributed by atoms with E-state index in [1.54, 1.807) is 12.1 Å². The standard InChI is InChI=1S/C26H18O.C14H16NSi.Ir/c1-18-12-14-19(15-13-18)16-20-6-4-7-21(17-20)22-9-5-10-24-23-8-2-3-11-25(23)27-26(22)24;1-16(2,3)13-9-10-14(15-11-13)12-7-5-4-6-8-12;/h2-6,8,10-15,17H,16H2,1H3;4-7,9-11H,1-3H3;/q-2;-1;+3/i16D2;;. The van der Waals surface area contributed by atoms with Crippen LogP contribution >= 0.6 is 0 Å². The summed E-state index contributed by atoms with van der Waals surface area (Å²) < 4.78 is 23.5. The van der Waals surface area contributed by atoms with Gasteiger partial charge in [0.25, 0.3) is 0 Å². The average molecular weight is 767 g/mol. The Labute approximate surface area is 278 Å². The van der Waals surface area contributed by atoms with Gasteiger partial charge in [0.2, 0.25) is 0 Å². The molecule has 0 saturated carbocycles. The van der Waals surface area contributed by atoms with Crippen molar-refractivity contribution in [1.29, 1.82) is 0 Å². The molecule has 4 heteroatoms. The smallest absolute Gasteiger partial charge is 0.510 e. The fraction of sp³-hybridized carbons (Fsp3) is 0.125. The van der Waals surface area contributed by atoms with E-state index < -0.39 is 14.4 Å². The van der Waals surface area contributed by atoms with Gasteiger partial charge in [-0.3, -0.25) is 0 Å². The number of benzene rings is 5. The molecule has 0 N–H and O–H groups in total. The van der Waals surface area contributed by atoms with Crippen molar-refractivity contribution < 1.29 is 27.3 Å². The van der Waals surface area contributed by atoms with Crippen LogP contribution in [0.25, 0.3) is 44.3 Å². The largest absolute Gasteiger partial charge is 3.00 e. The van der Waals surface area contributed by atoms with Crippen LogP contribution < -0.4 is 5.19 Å². The van der Waals surface area contributed by atoms with Gasteiger partial charge >= 0.3 is 20.1 Å². The second-order valence-corrected chi connectivity index (χ2v) is 16.7. The van der Waals surface area contributed by atoms with Crippen LogP contribution in [0, 0.1) is 25.1 Å². The Morgan fingerprint density at radius 3 is 2.20 bits per heavy atom. The van der Waals surface area contributed by atoms with Crippen molar-refractivity contribution in [2.75, 3.05) is 0 Å². The molecule has 0 aliphatic carbocycles. The van der Waals surface area contributed by atoms with Crippen molar-refractivity contribution in [3.63, 3.8) is 0 Å². The SMILES string of the molecule is C[Si](C)(C)c1ccc(-c2[c-]cccc2)nc1.[2H]C([2H])(c1ccc(C)cc1)c1cc[c-]c(-c2[c-]ccc3c2oc2ccccc23)c1.[Ir+3]. The van der Waals surface area contributed by atoms with E-state index in [0.29, 0.717) is 11.1 Å². The summed E-state index contributed by atoms with van der Waals surface area (Å²) in [6.45, 7) is 8.99. The van der Waals surface area contributed by atoms with Crippen LogP contribution in [-0.4, -0.2) is 13.1 Å². The van der Waals surface area contributed by atoms with E-state index in [1.165, 1.54) is 5.19 Å². The van der Waals surface area contributed by atoms with Crippen LogP contribution in [0.1, 0.15) is 19.4 Å². The number of rotatable bonds is 5. The molecular weight excluding hydrogens is 731 g/mol. The van der Waals surface area contributed by atoms with Crippen LogP contribution in [0.2, 0.25) is 19.6 Å². The topological polar surface area (TPSA) is 26.0 Å². The third kappa shape index (κ3) is 7.17. The average Bonchev–Trinajstić information content (AvgIpc) is 3.44. The minimum Gasteiger partial charge on any atom is -0.510 e. The molecule has 218 valence electrons. The number of furan rings is 1. The predicted octanol–water partition coefficient (Wildman–Crippen LogP) is 9.84. The van der Waals surface area contributed by atoms with Gasteiger partial charge in [0.05, 0.1) is 8.07 Å². The number of nitrogens with zero attached hydrogens (tertiary/aromatic N) is 1. The van der Waals surface area contributed by atoms with E-state index in [4.69, 9.17) is 7.16 Å². The van der Waals surface area contributed by atoms with Crippen molar-refractivity contribution in [2.24, 2.45) is 0 Å². The van der Waals surface area contributed by atoms with Crippen LogP contribution in [0.3, 0.4) is 0 Å². The molecule has 0 radical (unpaired) electrons. The molecule has 2 nitrogen and oxygen atoms in total. The molecule has 2 aromatic heterocycles. The third-order valence-corrected chi connectivity index (χ3v) is 9.39. The summed E-state index contributed by atoms with van der Waals surface area (Å²) in [6.07, 6.45) is 0.404. The van der Waals surface area contributed by atoms with Crippen LogP contribution in [-0.2, 0) is 26.5 Å². The first-order valence-electron chi connectivity index (χ1n) is 15.5. The van der Waals surface area contributed by atoms with Gasteiger partial charge in [-0.25, -0.2) is 5.56 Å². The minimum absolute atomic E-state index is 0. The number of aromatic nitrogens is 1. The molecule has 44 heavy (non-hydrogen) atoms. The van der Waals surface area contributed by atoms with E-state index in [-0.39, 0.29) is 20.1 Å². The van der Waals surface area contributed by atoms with E-state index in [9.17, 15) is 0 Å². The molecule has 0 spiro atoms. The molecule has 5 aromatic carbocycles. The van der Waals surface area contributed by atoms with Crippen molar-refractivity contribution in [3.8, 4) is 22.4 Å². The Bertz CT molecular complexity index is 2070. The van der Waals surface area contributed by atoms with E-state index in [0.717, 1.165) is 49.9 Å². The van der Waals surface area contributed by atoms with Gasteiger partial charge in [-0.05, 0) is 35.8 Å². The second kappa shape index (κ2) is 13.7. The van der Waals surface area contributed by atoms with Gasteiger partial charge < -0.3 is 9.40 Å². The fourth-order valence-corrected chi connectivity index (χ4v) is 5.97. The van der Waals surface area contributed by atoms with E-state index >= 15 is 0 Å². The zero-order chi connectivity index (χ0) is 31.6. The molecule has 0 unspecified atom stereocenters. The van der Waals surface area contributed by atoms with Crippen LogP contribution in [0.15, 0.2) is 126 Å². The summed E-state index contributed by atoms with van der Waals surface area (Å²) in [6, 6.07) is 46.7. The quantitative estimate of drug-likeness (QED) is 0.129. The number of hydrogen-bond donors (Lipinski definition) is 0. The second-order valence-electron chi connectivity index (χ2n) is 11.6. The maximum absolute atomic E-state index is 8.71. The van der Waals surface area contributed by atoms with Gasteiger partial charge in [-0.15, -0.1) is 53.6 Å². The molecule has 7 rings (SSSR count). The summed E-state index contributed by atoms with van der Waals surface area (Å²) in [5.74, 6) is 0. The Kier molecular flexibility index (Phi) is 8.92. The Balaban J connectivity index is 0.000000209. The molecule has 2 heterocycles. The van der Waals surface area contributed by atoms with Gasteiger partial charge in [-0.2, -0.15) is 35.9 Å². The van der Waals surface area contributed by atoms with Crippen LogP contribution in [0.4, 0.5) is 0 Å². The number of pyridine rings is 1. The first kappa shape index (κ1) is 28.7. The third-order valence-electron chi connectivity index (χ3n) is 7.36. The fourth-order valence-electron chi connectivity index (χ4n) is 4.93. The summed E-state index contributed by atoms with van der Waals surface area (Å²) in [4.78, 5) is 4.52. The predicted molar refractivity (Wildman–Crippen MR) is 182 cm³/mol.